The molecule has 0 aliphatic carbocycles. The topological polar surface area (TPSA) is 38.7 Å². The molecular formula is C14H9ClF4O3. The molecule has 0 amide bonds. The van der Waals surface area contributed by atoms with Crippen LogP contribution < -0.4 is 9.47 Å². The van der Waals surface area contributed by atoms with Gasteiger partial charge in [-0.2, -0.15) is 0 Å². The number of benzene rings is 2. The monoisotopic (exact) mass is 336 g/mol. The lowest BCUT2D eigenvalue weighted by atomic mass is 10.2. The number of hydrogen-bond donors (Lipinski definition) is 1. The first kappa shape index (κ1) is 16.2. The van der Waals surface area contributed by atoms with Crippen LogP contribution >= 0.6 is 11.6 Å². The summed E-state index contributed by atoms with van der Waals surface area (Å²) in [5.41, 5.74) is 0.288. The quantitative estimate of drug-likeness (QED) is 0.825. The smallest absolute Gasteiger partial charge is 0.508 e. The maximum atomic E-state index is 13.1. The zero-order valence-electron chi connectivity index (χ0n) is 10.8. The molecule has 0 aliphatic rings. The van der Waals surface area contributed by atoms with Crippen LogP contribution in [-0.4, -0.2) is 11.5 Å². The molecule has 0 saturated heterocycles. The minimum absolute atomic E-state index is 0.0239. The van der Waals surface area contributed by atoms with E-state index in [-0.39, 0.29) is 28.7 Å². The Labute approximate surface area is 127 Å². The van der Waals surface area contributed by atoms with Crippen LogP contribution in [0.4, 0.5) is 17.6 Å². The van der Waals surface area contributed by atoms with E-state index >= 15 is 0 Å². The van der Waals surface area contributed by atoms with Crippen molar-refractivity contribution in [1.82, 2.24) is 0 Å². The summed E-state index contributed by atoms with van der Waals surface area (Å²) in [6.45, 7) is -0.183. The van der Waals surface area contributed by atoms with Gasteiger partial charge in [-0.25, -0.2) is 4.39 Å². The van der Waals surface area contributed by atoms with Gasteiger partial charge in [0.2, 0.25) is 0 Å². The lowest BCUT2D eigenvalue weighted by molar-refractivity contribution is -0.274. The number of rotatable bonds is 4. The molecule has 118 valence electrons. The van der Waals surface area contributed by atoms with Crippen molar-refractivity contribution >= 4 is 11.6 Å². The summed E-state index contributed by atoms with van der Waals surface area (Å²) in [6.07, 6.45) is -4.84. The molecule has 2 aromatic rings. The Morgan fingerprint density at radius 1 is 1.00 bits per heavy atom. The predicted molar refractivity (Wildman–Crippen MR) is 70.5 cm³/mol. The normalized spacial score (nSPS) is 11.3. The average molecular weight is 337 g/mol. The molecule has 0 heterocycles. The summed E-state index contributed by atoms with van der Waals surface area (Å²) in [5.74, 6) is -1.50. The van der Waals surface area contributed by atoms with Crippen molar-refractivity contribution in [3.8, 4) is 17.2 Å². The van der Waals surface area contributed by atoms with Crippen LogP contribution in [-0.2, 0) is 6.61 Å². The van der Waals surface area contributed by atoms with Crippen LogP contribution in [0.1, 0.15) is 5.56 Å². The first-order chi connectivity index (χ1) is 10.2. The Morgan fingerprint density at radius 2 is 1.73 bits per heavy atom. The zero-order valence-corrected chi connectivity index (χ0v) is 11.6. The Balaban J connectivity index is 2.12. The van der Waals surface area contributed by atoms with Gasteiger partial charge in [0.25, 0.3) is 0 Å². The number of phenols is 1. The molecule has 0 aliphatic heterocycles. The van der Waals surface area contributed by atoms with Gasteiger partial charge in [-0.15, -0.1) is 13.2 Å². The van der Waals surface area contributed by atoms with Gasteiger partial charge < -0.3 is 14.6 Å². The van der Waals surface area contributed by atoms with Crippen LogP contribution in [0.15, 0.2) is 36.4 Å². The molecule has 2 aromatic carbocycles. The fourth-order valence-electron chi connectivity index (χ4n) is 1.69. The molecule has 0 bridgehead atoms. The van der Waals surface area contributed by atoms with E-state index in [4.69, 9.17) is 16.3 Å². The molecule has 0 spiro atoms. The summed E-state index contributed by atoms with van der Waals surface area (Å²) in [5, 5.41) is 9.25. The number of halogens is 5. The first-order valence-electron chi connectivity index (χ1n) is 5.89. The molecule has 2 rings (SSSR count). The van der Waals surface area contributed by atoms with Gasteiger partial charge in [0.15, 0.2) is 0 Å². The van der Waals surface area contributed by atoms with E-state index in [2.05, 4.69) is 4.74 Å². The van der Waals surface area contributed by atoms with E-state index in [0.717, 1.165) is 24.3 Å². The van der Waals surface area contributed by atoms with Crippen LogP contribution in [0.3, 0.4) is 0 Å². The third-order valence-electron chi connectivity index (χ3n) is 2.43. The van der Waals surface area contributed by atoms with Crippen molar-refractivity contribution < 1.29 is 32.1 Å². The molecule has 0 unspecified atom stereocenters. The largest absolute Gasteiger partial charge is 0.573 e. The van der Waals surface area contributed by atoms with Gasteiger partial charge in [-0.05, 0) is 23.8 Å². The Bertz CT molecular complexity index is 653. The Morgan fingerprint density at radius 3 is 2.36 bits per heavy atom. The third-order valence-corrected chi connectivity index (χ3v) is 2.64. The second-order valence-corrected chi connectivity index (χ2v) is 4.71. The summed E-state index contributed by atoms with van der Waals surface area (Å²) in [4.78, 5) is 0. The van der Waals surface area contributed by atoms with Gasteiger partial charge in [-0.3, -0.25) is 0 Å². The lowest BCUT2D eigenvalue weighted by Crippen LogP contribution is -2.17. The van der Waals surface area contributed by atoms with Crippen LogP contribution in [0.5, 0.6) is 17.2 Å². The molecule has 22 heavy (non-hydrogen) atoms. The standard InChI is InChI=1S/C14H9ClF4O3/c15-9-1-8(2-13(3-9)22-14(17,18)19)7-21-12-5-10(16)4-11(20)6-12/h1-6,20H,7H2. The van der Waals surface area contributed by atoms with E-state index in [1.54, 1.807) is 0 Å². The molecule has 0 saturated carbocycles. The number of phenolic OH excluding ortho intramolecular Hbond substituents is 1. The maximum Gasteiger partial charge on any atom is 0.573 e. The Kier molecular flexibility index (Phi) is 4.65. The number of hydrogen-bond acceptors (Lipinski definition) is 3. The zero-order chi connectivity index (χ0) is 16.3. The third kappa shape index (κ3) is 5.00. The highest BCUT2D eigenvalue weighted by atomic mass is 35.5. The predicted octanol–water partition coefficient (Wildman–Crippen LogP) is 4.66. The minimum atomic E-state index is -4.84. The second kappa shape index (κ2) is 6.31. The van der Waals surface area contributed by atoms with Crippen molar-refractivity contribution in [2.45, 2.75) is 13.0 Å². The molecule has 0 aromatic heterocycles. The maximum absolute atomic E-state index is 13.1. The lowest BCUT2D eigenvalue weighted by Gasteiger charge is -2.12. The second-order valence-electron chi connectivity index (χ2n) is 4.28. The van der Waals surface area contributed by atoms with Gasteiger partial charge in [0.1, 0.15) is 29.7 Å². The molecular weight excluding hydrogens is 328 g/mol. The minimum Gasteiger partial charge on any atom is -0.508 e. The van der Waals surface area contributed by atoms with Gasteiger partial charge in [0.05, 0.1) is 0 Å². The Hall–Kier alpha value is -2.15. The molecule has 0 atom stereocenters. The van der Waals surface area contributed by atoms with Crippen molar-refractivity contribution in [3.05, 3.63) is 52.8 Å². The van der Waals surface area contributed by atoms with E-state index in [1.807, 2.05) is 0 Å². The van der Waals surface area contributed by atoms with Crippen molar-refractivity contribution in [2.24, 2.45) is 0 Å². The summed E-state index contributed by atoms with van der Waals surface area (Å²) >= 11 is 5.71. The van der Waals surface area contributed by atoms with Gasteiger partial charge in [0, 0.05) is 23.2 Å². The average Bonchev–Trinajstić information content (AvgIpc) is 2.32. The van der Waals surface area contributed by atoms with Crippen molar-refractivity contribution in [2.75, 3.05) is 0 Å². The van der Waals surface area contributed by atoms with Gasteiger partial charge >= 0.3 is 6.36 Å². The summed E-state index contributed by atoms with van der Waals surface area (Å²) in [6, 6.07) is 6.56. The fourth-order valence-corrected chi connectivity index (χ4v) is 1.94. The highest BCUT2D eigenvalue weighted by molar-refractivity contribution is 6.30. The van der Waals surface area contributed by atoms with Gasteiger partial charge in [-0.1, -0.05) is 11.6 Å². The number of alkyl halides is 3. The molecule has 1 N–H and O–H groups in total. The number of aromatic hydroxyl groups is 1. The molecule has 0 radical (unpaired) electrons. The molecule has 8 heteroatoms. The van der Waals surface area contributed by atoms with E-state index in [0.29, 0.717) is 0 Å². The first-order valence-corrected chi connectivity index (χ1v) is 6.27. The fraction of sp³-hybridized carbons (Fsp3) is 0.143. The summed E-state index contributed by atoms with van der Waals surface area (Å²) < 4.78 is 58.6. The van der Waals surface area contributed by atoms with E-state index in [9.17, 15) is 22.7 Å². The number of ether oxygens (including phenoxy) is 2. The van der Waals surface area contributed by atoms with Crippen LogP contribution in [0, 0.1) is 5.82 Å². The van der Waals surface area contributed by atoms with Crippen molar-refractivity contribution in [1.29, 1.82) is 0 Å². The highest BCUT2D eigenvalue weighted by Crippen LogP contribution is 2.28. The van der Waals surface area contributed by atoms with Crippen LogP contribution in [0.2, 0.25) is 5.02 Å². The highest BCUT2D eigenvalue weighted by Gasteiger charge is 2.31. The SMILES string of the molecule is Oc1cc(F)cc(OCc2cc(Cl)cc(OC(F)(F)F)c2)c1. The summed E-state index contributed by atoms with van der Waals surface area (Å²) in [7, 11) is 0. The van der Waals surface area contributed by atoms with E-state index in [1.165, 1.54) is 12.1 Å². The molecule has 3 nitrogen and oxygen atoms in total. The molecule has 0 fully saturated rings. The van der Waals surface area contributed by atoms with Crippen LogP contribution in [0.25, 0.3) is 0 Å². The van der Waals surface area contributed by atoms with E-state index < -0.39 is 17.9 Å². The van der Waals surface area contributed by atoms with Crippen molar-refractivity contribution in [3.63, 3.8) is 0 Å².